The molecular weight excluding hydrogens is 721 g/mol. The maximum absolute atomic E-state index is 5.19. The summed E-state index contributed by atoms with van der Waals surface area (Å²) in [6.45, 7) is 0. The Hall–Kier alpha value is -7.33. The van der Waals surface area contributed by atoms with Crippen LogP contribution in [0.15, 0.2) is 194 Å². The van der Waals surface area contributed by atoms with Crippen molar-refractivity contribution in [2.75, 3.05) is 0 Å². The molecular formula is C55H32N2S. The van der Waals surface area contributed by atoms with E-state index < -0.39 is 0 Å². The standard InChI is InChI=1S/C55H32N2S/c1-2-9-40(10-3-1)57-51-24-21-36(29-45(51)46-30-37(22-25-52(46)57)38-23-26-54-47(31-38)43-13-6-7-16-53(43)58-54)34-17-18-35-28-39(20-19-33(35)27-34)50-32-48-42-12-5-4-11-41(42)44-14-8-15-49(56-50)55(44)48/h1-32H. The number of nitrogens with zero attached hydrogens (tertiary/aromatic N) is 2. The van der Waals surface area contributed by atoms with Crippen molar-refractivity contribution in [1.82, 2.24) is 9.55 Å². The van der Waals surface area contributed by atoms with Gasteiger partial charge >= 0.3 is 0 Å². The molecule has 3 heteroatoms. The summed E-state index contributed by atoms with van der Waals surface area (Å²) >= 11 is 1.87. The summed E-state index contributed by atoms with van der Waals surface area (Å²) < 4.78 is 5.06. The van der Waals surface area contributed by atoms with Crippen molar-refractivity contribution in [3.63, 3.8) is 0 Å². The molecule has 0 bridgehead atoms. The van der Waals surface area contributed by atoms with Gasteiger partial charge in [-0.2, -0.15) is 0 Å². The topological polar surface area (TPSA) is 17.8 Å². The number of thiophene rings is 1. The molecule has 0 radical (unpaired) electrons. The van der Waals surface area contributed by atoms with Crippen LogP contribution in [0.3, 0.4) is 0 Å². The van der Waals surface area contributed by atoms with Crippen molar-refractivity contribution in [2.45, 2.75) is 0 Å². The molecule has 3 aromatic heterocycles. The van der Waals surface area contributed by atoms with Gasteiger partial charge < -0.3 is 4.57 Å². The Morgan fingerprint density at radius 1 is 0.362 bits per heavy atom. The van der Waals surface area contributed by atoms with Crippen molar-refractivity contribution in [2.24, 2.45) is 0 Å². The second-order valence-corrected chi connectivity index (χ2v) is 16.6. The van der Waals surface area contributed by atoms with Crippen LogP contribution >= 0.6 is 11.3 Å². The van der Waals surface area contributed by atoms with Gasteiger partial charge in [-0.1, -0.05) is 115 Å². The van der Waals surface area contributed by atoms with Crippen molar-refractivity contribution >= 4 is 75.0 Å². The fourth-order valence-electron chi connectivity index (χ4n) is 9.55. The third-order valence-corrected chi connectivity index (χ3v) is 13.5. The fraction of sp³-hybridized carbons (Fsp3) is 0. The Balaban J connectivity index is 0.925. The zero-order valence-corrected chi connectivity index (χ0v) is 32.1. The number of rotatable bonds is 4. The van der Waals surface area contributed by atoms with E-state index in [0.29, 0.717) is 0 Å². The van der Waals surface area contributed by atoms with Crippen molar-refractivity contribution in [1.29, 1.82) is 0 Å². The third-order valence-electron chi connectivity index (χ3n) is 12.3. The van der Waals surface area contributed by atoms with E-state index in [2.05, 4.69) is 199 Å². The molecule has 0 N–H and O–H groups in total. The van der Waals surface area contributed by atoms with Crippen LogP contribution in [-0.4, -0.2) is 9.55 Å². The Labute approximate surface area is 338 Å². The van der Waals surface area contributed by atoms with E-state index in [4.69, 9.17) is 4.98 Å². The maximum atomic E-state index is 5.19. The predicted molar refractivity (Wildman–Crippen MR) is 247 cm³/mol. The van der Waals surface area contributed by atoms with Crippen molar-refractivity contribution in [3.05, 3.63) is 194 Å². The summed E-state index contributed by atoms with van der Waals surface area (Å²) in [4.78, 5) is 5.19. The first-order chi connectivity index (χ1) is 28.7. The van der Waals surface area contributed by atoms with Gasteiger partial charge in [0.05, 0.1) is 22.2 Å². The van der Waals surface area contributed by atoms with E-state index >= 15 is 0 Å². The molecule has 12 aromatic rings. The average molecular weight is 753 g/mol. The van der Waals surface area contributed by atoms with E-state index in [9.17, 15) is 0 Å². The Morgan fingerprint density at radius 2 is 0.931 bits per heavy atom. The fourth-order valence-corrected chi connectivity index (χ4v) is 10.6. The molecule has 13 rings (SSSR count). The van der Waals surface area contributed by atoms with Crippen LogP contribution in [0.4, 0.5) is 0 Å². The first kappa shape index (κ1) is 31.8. The molecule has 1 aliphatic carbocycles. The van der Waals surface area contributed by atoms with Crippen LogP contribution in [0.25, 0.3) is 125 Å². The molecule has 0 spiro atoms. The van der Waals surface area contributed by atoms with Crippen molar-refractivity contribution in [3.8, 4) is 61.5 Å². The molecule has 58 heavy (non-hydrogen) atoms. The highest BCUT2D eigenvalue weighted by molar-refractivity contribution is 7.25. The lowest BCUT2D eigenvalue weighted by molar-refractivity contribution is 1.18. The van der Waals surface area contributed by atoms with Gasteiger partial charge in [0.1, 0.15) is 0 Å². The second kappa shape index (κ2) is 12.1. The molecule has 0 unspecified atom stereocenters. The highest BCUT2D eigenvalue weighted by atomic mass is 32.1. The zero-order chi connectivity index (χ0) is 37.9. The molecule has 3 heterocycles. The maximum Gasteiger partial charge on any atom is 0.0722 e. The van der Waals surface area contributed by atoms with Gasteiger partial charge in [0.25, 0.3) is 0 Å². The molecule has 0 aliphatic heterocycles. The molecule has 0 saturated carbocycles. The smallest absolute Gasteiger partial charge is 0.0722 e. The number of hydrogen-bond acceptors (Lipinski definition) is 2. The molecule has 0 amide bonds. The quantitative estimate of drug-likeness (QED) is 0.175. The summed E-state index contributed by atoms with van der Waals surface area (Å²) in [5, 5.41) is 8.82. The number of para-hydroxylation sites is 1. The van der Waals surface area contributed by atoms with Crippen LogP contribution in [0.5, 0.6) is 0 Å². The Kier molecular flexibility index (Phi) is 6.63. The van der Waals surface area contributed by atoms with Gasteiger partial charge in [-0.25, -0.2) is 4.98 Å². The lowest BCUT2D eigenvalue weighted by atomic mass is 9.96. The number of aromatic nitrogens is 2. The minimum Gasteiger partial charge on any atom is -0.309 e. The Bertz CT molecular complexity index is 3680. The molecule has 1 aliphatic rings. The van der Waals surface area contributed by atoms with E-state index in [1.165, 1.54) is 103 Å². The predicted octanol–water partition coefficient (Wildman–Crippen LogP) is 15.5. The van der Waals surface area contributed by atoms with Gasteiger partial charge in [0.15, 0.2) is 0 Å². The largest absolute Gasteiger partial charge is 0.309 e. The van der Waals surface area contributed by atoms with Crippen LogP contribution < -0.4 is 0 Å². The zero-order valence-electron chi connectivity index (χ0n) is 31.3. The molecule has 0 atom stereocenters. The van der Waals surface area contributed by atoms with Crippen LogP contribution in [0, 0.1) is 0 Å². The number of pyridine rings is 1. The van der Waals surface area contributed by atoms with Crippen LogP contribution in [-0.2, 0) is 0 Å². The number of benzene rings is 9. The SMILES string of the molecule is c1ccc(-n2c3ccc(-c4ccc5cc(-c6cc7c8c(cccc8n6)-c6ccccc6-7)ccc5c4)cc3c3cc(-c4ccc5sc6ccccc6c5c4)ccc32)cc1. The summed E-state index contributed by atoms with van der Waals surface area (Å²) in [7, 11) is 0. The Morgan fingerprint density at radius 3 is 1.71 bits per heavy atom. The van der Waals surface area contributed by atoms with Gasteiger partial charge in [-0.05, 0) is 134 Å². The minimum atomic E-state index is 1.01. The summed E-state index contributed by atoms with van der Waals surface area (Å²) in [5.74, 6) is 0. The first-order valence-corrected chi connectivity index (χ1v) is 20.7. The van der Waals surface area contributed by atoms with E-state index in [1.54, 1.807) is 0 Å². The van der Waals surface area contributed by atoms with E-state index in [-0.39, 0.29) is 0 Å². The average Bonchev–Trinajstić information content (AvgIpc) is 3.94. The van der Waals surface area contributed by atoms with Crippen LogP contribution in [0.1, 0.15) is 0 Å². The van der Waals surface area contributed by atoms with Gasteiger partial charge in [0, 0.05) is 47.6 Å². The summed E-state index contributed by atoms with van der Waals surface area (Å²) in [5.41, 5.74) is 16.8. The highest BCUT2D eigenvalue weighted by Gasteiger charge is 2.23. The van der Waals surface area contributed by atoms with Gasteiger partial charge in [0.2, 0.25) is 0 Å². The number of hydrogen-bond donors (Lipinski definition) is 0. The minimum absolute atomic E-state index is 1.01. The summed E-state index contributed by atoms with van der Waals surface area (Å²) in [6.07, 6.45) is 0. The molecule has 268 valence electrons. The van der Waals surface area contributed by atoms with Gasteiger partial charge in [-0.15, -0.1) is 11.3 Å². The van der Waals surface area contributed by atoms with E-state index in [0.717, 1.165) is 22.5 Å². The van der Waals surface area contributed by atoms with Gasteiger partial charge in [-0.3, -0.25) is 0 Å². The monoisotopic (exact) mass is 752 g/mol. The third kappa shape index (κ3) is 4.68. The van der Waals surface area contributed by atoms with Crippen molar-refractivity contribution < 1.29 is 0 Å². The molecule has 9 aromatic carbocycles. The highest BCUT2D eigenvalue weighted by Crippen LogP contribution is 2.48. The normalized spacial score (nSPS) is 12.1. The lowest BCUT2D eigenvalue weighted by Crippen LogP contribution is -1.93. The molecule has 0 saturated heterocycles. The van der Waals surface area contributed by atoms with E-state index in [1.807, 2.05) is 11.3 Å². The molecule has 2 nitrogen and oxygen atoms in total. The molecule has 0 fully saturated rings. The number of fused-ring (bicyclic) bond motifs is 10. The summed E-state index contributed by atoms with van der Waals surface area (Å²) in [6, 6.07) is 71.5. The van der Waals surface area contributed by atoms with Crippen LogP contribution in [0.2, 0.25) is 0 Å². The first-order valence-electron chi connectivity index (χ1n) is 19.9. The lowest BCUT2D eigenvalue weighted by Gasteiger charge is -2.10. The second-order valence-electron chi connectivity index (χ2n) is 15.5.